The number of nitrogens with two attached hydrogens (primary N) is 1. The third kappa shape index (κ3) is 4.70. The number of urea groups is 1. The van der Waals surface area contributed by atoms with Crippen LogP contribution in [0.4, 0.5) is 4.79 Å². The lowest BCUT2D eigenvalue weighted by Gasteiger charge is -2.01. The highest BCUT2D eigenvalue weighted by Crippen LogP contribution is 2.16. The first-order valence-corrected chi connectivity index (χ1v) is 5.54. The smallest absolute Gasteiger partial charge is 0.317 e. The van der Waals surface area contributed by atoms with Gasteiger partial charge in [-0.3, -0.25) is 10.3 Å². The number of rotatable bonds is 3. The average Bonchev–Trinajstić information content (AvgIpc) is 2.27. The number of primary amides is 1. The molecule has 0 radical (unpaired) electrons. The average molecular weight is 252 g/mol. The van der Waals surface area contributed by atoms with Crippen LogP contribution in [0.1, 0.15) is 12.5 Å². The molecule has 0 fully saturated rings. The Bertz CT molecular complexity index is 455. The van der Waals surface area contributed by atoms with E-state index >= 15 is 0 Å². The zero-order valence-corrected chi connectivity index (χ0v) is 10.2. The van der Waals surface area contributed by atoms with Gasteiger partial charge < -0.3 is 5.73 Å². The number of aliphatic imine (C=N–C) groups is 1. The number of nitrogens with zero attached hydrogens (tertiary/aromatic N) is 1. The number of amidine groups is 1. The molecule has 0 saturated carbocycles. The second-order valence-electron chi connectivity index (χ2n) is 3.20. The van der Waals surface area contributed by atoms with Gasteiger partial charge in [-0.25, -0.2) is 4.79 Å². The summed E-state index contributed by atoms with van der Waals surface area (Å²) in [6.07, 6.45) is 3.43. The first kappa shape index (κ1) is 13.3. The fourth-order valence-electron chi connectivity index (χ4n) is 1.21. The molecule has 0 aromatic heterocycles. The van der Waals surface area contributed by atoms with Crippen LogP contribution < -0.4 is 11.1 Å². The molecule has 90 valence electrons. The van der Waals surface area contributed by atoms with Crippen molar-refractivity contribution in [3.63, 3.8) is 0 Å². The fourth-order valence-corrected chi connectivity index (χ4v) is 1.41. The maximum Gasteiger partial charge on any atom is 0.317 e. The number of amides is 2. The summed E-state index contributed by atoms with van der Waals surface area (Å²) in [6.45, 7) is 2.43. The number of carbonyl (C=O) groups excluding carboxylic acids is 1. The second-order valence-corrected chi connectivity index (χ2v) is 3.61. The summed E-state index contributed by atoms with van der Waals surface area (Å²) in [7, 11) is 0. The van der Waals surface area contributed by atoms with Crippen LogP contribution in [0.25, 0.3) is 6.08 Å². The zero-order chi connectivity index (χ0) is 12.7. The topological polar surface area (TPSA) is 67.5 Å². The Morgan fingerprint density at radius 2 is 2.24 bits per heavy atom. The lowest BCUT2D eigenvalue weighted by atomic mass is 10.2. The van der Waals surface area contributed by atoms with Gasteiger partial charge in [0, 0.05) is 11.6 Å². The molecule has 5 heteroatoms. The molecule has 0 bridgehead atoms. The number of nitrogens with one attached hydrogen (secondary N) is 1. The van der Waals surface area contributed by atoms with Crippen molar-refractivity contribution in [3.05, 3.63) is 40.9 Å². The Labute approximate surface area is 105 Å². The molecule has 1 aromatic carbocycles. The number of carbonyl (C=O) groups is 1. The van der Waals surface area contributed by atoms with Crippen LogP contribution in [0.2, 0.25) is 5.02 Å². The summed E-state index contributed by atoms with van der Waals surface area (Å²) < 4.78 is 0. The van der Waals surface area contributed by atoms with E-state index in [1.165, 1.54) is 0 Å². The van der Waals surface area contributed by atoms with Crippen LogP contribution in [-0.4, -0.2) is 18.4 Å². The van der Waals surface area contributed by atoms with Crippen LogP contribution in [0.3, 0.4) is 0 Å². The van der Waals surface area contributed by atoms with Gasteiger partial charge in [-0.2, -0.15) is 0 Å². The number of halogens is 1. The SMILES string of the molecule is CCN=C(C=Cc1ccccc1Cl)NC(N)=O. The minimum absolute atomic E-state index is 0.417. The lowest BCUT2D eigenvalue weighted by Crippen LogP contribution is -2.34. The van der Waals surface area contributed by atoms with Crippen molar-refractivity contribution < 1.29 is 4.79 Å². The summed E-state index contributed by atoms with van der Waals surface area (Å²) in [5.41, 5.74) is 5.88. The van der Waals surface area contributed by atoms with E-state index in [0.717, 1.165) is 5.56 Å². The van der Waals surface area contributed by atoms with Crippen molar-refractivity contribution in [1.82, 2.24) is 5.32 Å². The minimum atomic E-state index is -0.638. The van der Waals surface area contributed by atoms with Crippen molar-refractivity contribution in [2.75, 3.05) is 6.54 Å². The lowest BCUT2D eigenvalue weighted by molar-refractivity contribution is 0.253. The highest BCUT2D eigenvalue weighted by molar-refractivity contribution is 6.32. The predicted molar refractivity (Wildman–Crippen MR) is 71.2 cm³/mol. The van der Waals surface area contributed by atoms with Crippen LogP contribution >= 0.6 is 11.6 Å². The molecule has 0 atom stereocenters. The molecular formula is C12H14ClN3O. The third-order valence-corrected chi connectivity index (χ3v) is 2.25. The number of hydrogen-bond acceptors (Lipinski definition) is 2. The van der Waals surface area contributed by atoms with E-state index in [-0.39, 0.29) is 0 Å². The molecule has 17 heavy (non-hydrogen) atoms. The van der Waals surface area contributed by atoms with Gasteiger partial charge in [0.1, 0.15) is 5.84 Å². The molecular weight excluding hydrogens is 238 g/mol. The molecule has 0 saturated heterocycles. The quantitative estimate of drug-likeness (QED) is 0.629. The van der Waals surface area contributed by atoms with E-state index in [1.54, 1.807) is 18.2 Å². The van der Waals surface area contributed by atoms with E-state index in [9.17, 15) is 4.79 Å². The van der Waals surface area contributed by atoms with Gasteiger partial charge >= 0.3 is 6.03 Å². The molecule has 0 unspecified atom stereocenters. The predicted octanol–water partition coefficient (Wildman–Crippen LogP) is 2.44. The molecule has 3 N–H and O–H groups in total. The van der Waals surface area contributed by atoms with E-state index < -0.39 is 6.03 Å². The monoisotopic (exact) mass is 251 g/mol. The van der Waals surface area contributed by atoms with Gasteiger partial charge in [-0.1, -0.05) is 29.8 Å². The molecule has 0 spiro atoms. The van der Waals surface area contributed by atoms with Gasteiger partial charge in [-0.15, -0.1) is 0 Å². The first-order valence-electron chi connectivity index (χ1n) is 5.17. The van der Waals surface area contributed by atoms with Crippen LogP contribution in [0.5, 0.6) is 0 Å². The largest absolute Gasteiger partial charge is 0.351 e. The fraction of sp³-hybridized carbons (Fsp3) is 0.167. The van der Waals surface area contributed by atoms with Crippen LogP contribution in [-0.2, 0) is 0 Å². The van der Waals surface area contributed by atoms with Crippen molar-refractivity contribution in [3.8, 4) is 0 Å². The maximum atomic E-state index is 10.7. The summed E-state index contributed by atoms with van der Waals surface area (Å²) >= 11 is 5.99. The molecule has 0 aliphatic rings. The molecule has 0 aliphatic heterocycles. The summed E-state index contributed by atoms with van der Waals surface area (Å²) in [4.78, 5) is 14.8. The molecule has 4 nitrogen and oxygen atoms in total. The van der Waals surface area contributed by atoms with Crippen molar-refractivity contribution in [1.29, 1.82) is 0 Å². The molecule has 1 rings (SSSR count). The van der Waals surface area contributed by atoms with Gasteiger partial charge in [0.2, 0.25) is 0 Å². The van der Waals surface area contributed by atoms with Crippen molar-refractivity contribution in [2.45, 2.75) is 6.92 Å². The first-order chi connectivity index (χ1) is 8.13. The Kier molecular flexibility index (Phi) is 5.23. The second kappa shape index (κ2) is 6.70. The van der Waals surface area contributed by atoms with Gasteiger partial charge in [-0.05, 0) is 30.7 Å². The maximum absolute atomic E-state index is 10.7. The van der Waals surface area contributed by atoms with Crippen LogP contribution in [0, 0.1) is 0 Å². The van der Waals surface area contributed by atoms with Gasteiger partial charge in [0.05, 0.1) is 0 Å². The van der Waals surface area contributed by atoms with E-state index in [4.69, 9.17) is 17.3 Å². The Balaban J connectivity index is 2.84. The van der Waals surface area contributed by atoms with Gasteiger partial charge in [0.15, 0.2) is 0 Å². The van der Waals surface area contributed by atoms with E-state index in [0.29, 0.717) is 17.4 Å². The Hall–Kier alpha value is -1.81. The van der Waals surface area contributed by atoms with Crippen molar-refractivity contribution >= 4 is 29.5 Å². The Morgan fingerprint density at radius 3 is 2.82 bits per heavy atom. The van der Waals surface area contributed by atoms with E-state index in [1.807, 2.05) is 25.1 Å². The minimum Gasteiger partial charge on any atom is -0.351 e. The van der Waals surface area contributed by atoms with Gasteiger partial charge in [0.25, 0.3) is 0 Å². The Morgan fingerprint density at radius 1 is 1.53 bits per heavy atom. The van der Waals surface area contributed by atoms with Crippen LogP contribution in [0.15, 0.2) is 35.3 Å². The summed E-state index contributed by atoms with van der Waals surface area (Å²) in [6, 6.07) is 6.75. The summed E-state index contributed by atoms with van der Waals surface area (Å²) in [5.74, 6) is 0.417. The highest BCUT2D eigenvalue weighted by atomic mass is 35.5. The standard InChI is InChI=1S/C12H14ClN3O/c1-2-15-11(16-12(14)17)8-7-9-5-3-4-6-10(9)13/h3-8H,2H2,1H3,(H3,14,15,16,17). The summed E-state index contributed by atoms with van der Waals surface area (Å²) in [5, 5.41) is 3.07. The molecule has 0 heterocycles. The third-order valence-electron chi connectivity index (χ3n) is 1.91. The molecule has 0 aliphatic carbocycles. The molecule has 2 amide bonds. The highest BCUT2D eigenvalue weighted by Gasteiger charge is 1.98. The van der Waals surface area contributed by atoms with Crippen molar-refractivity contribution in [2.24, 2.45) is 10.7 Å². The molecule has 1 aromatic rings. The zero-order valence-electron chi connectivity index (χ0n) is 9.48. The van der Waals surface area contributed by atoms with E-state index in [2.05, 4.69) is 10.3 Å². The normalized spacial score (nSPS) is 11.8. The number of hydrogen-bond donors (Lipinski definition) is 2. The number of benzene rings is 1.